The van der Waals surface area contributed by atoms with E-state index in [-0.39, 0.29) is 5.91 Å². The Morgan fingerprint density at radius 3 is 2.72 bits per heavy atom. The van der Waals surface area contributed by atoms with Crippen LogP contribution in [0.15, 0.2) is 54.6 Å². The zero-order valence-corrected chi connectivity index (χ0v) is 14.1. The summed E-state index contributed by atoms with van der Waals surface area (Å²) in [7, 11) is 0. The van der Waals surface area contributed by atoms with Gasteiger partial charge in [0.2, 0.25) is 0 Å². The molecule has 2 atom stereocenters. The Balaban J connectivity index is 1.22. The van der Waals surface area contributed by atoms with Crippen LogP contribution in [-0.4, -0.2) is 36.5 Å². The average molecular weight is 331 g/mol. The van der Waals surface area contributed by atoms with Crippen LogP contribution in [0.4, 0.5) is 0 Å². The maximum absolute atomic E-state index is 12.4. The molecule has 2 aromatic carbocycles. The third-order valence-electron chi connectivity index (χ3n) is 5.17. The summed E-state index contributed by atoms with van der Waals surface area (Å²) in [6.07, 6.45) is 1.21. The lowest BCUT2D eigenvalue weighted by atomic mass is 9.98. The van der Waals surface area contributed by atoms with Crippen LogP contribution >= 0.6 is 0 Å². The molecule has 4 rings (SSSR count). The van der Waals surface area contributed by atoms with Crippen LogP contribution in [0.25, 0.3) is 0 Å². The molecule has 1 saturated heterocycles. The van der Waals surface area contributed by atoms with E-state index in [1.54, 1.807) is 24.3 Å². The van der Waals surface area contributed by atoms with Gasteiger partial charge in [0.25, 0.3) is 5.91 Å². The number of hydrogen-bond donors (Lipinski definition) is 1. The van der Waals surface area contributed by atoms with Crippen molar-refractivity contribution in [1.29, 1.82) is 5.26 Å². The van der Waals surface area contributed by atoms with Crippen molar-refractivity contribution in [2.75, 3.05) is 19.6 Å². The lowest BCUT2D eigenvalue weighted by Crippen LogP contribution is -2.53. The quantitative estimate of drug-likeness (QED) is 0.916. The van der Waals surface area contributed by atoms with Gasteiger partial charge in [-0.3, -0.25) is 4.79 Å². The van der Waals surface area contributed by atoms with E-state index in [2.05, 4.69) is 41.7 Å². The molecular formula is C21H21N3O. The molecular weight excluding hydrogens is 310 g/mol. The van der Waals surface area contributed by atoms with E-state index in [4.69, 9.17) is 5.26 Å². The second kappa shape index (κ2) is 6.70. The van der Waals surface area contributed by atoms with Gasteiger partial charge in [-0.15, -0.1) is 0 Å². The molecule has 2 aliphatic rings. The highest BCUT2D eigenvalue weighted by Gasteiger charge is 2.39. The molecule has 1 aliphatic carbocycles. The van der Waals surface area contributed by atoms with Gasteiger partial charge in [0.05, 0.1) is 11.6 Å². The number of nitrogens with zero attached hydrogens (tertiary/aromatic N) is 2. The predicted octanol–water partition coefficient (Wildman–Crippen LogP) is 2.78. The largest absolute Gasteiger partial charge is 0.338 e. The fraction of sp³-hybridized carbons (Fsp3) is 0.333. The Morgan fingerprint density at radius 1 is 1.16 bits per heavy atom. The minimum absolute atomic E-state index is 0.0296. The molecule has 126 valence electrons. The highest BCUT2D eigenvalue weighted by molar-refractivity contribution is 5.95. The van der Waals surface area contributed by atoms with Gasteiger partial charge in [-0.2, -0.15) is 5.26 Å². The van der Waals surface area contributed by atoms with Gasteiger partial charge < -0.3 is 10.2 Å². The minimum Gasteiger partial charge on any atom is -0.338 e. The molecule has 1 heterocycles. The van der Waals surface area contributed by atoms with Crippen molar-refractivity contribution in [3.63, 3.8) is 0 Å². The number of benzene rings is 2. The van der Waals surface area contributed by atoms with Crippen molar-refractivity contribution in [3.8, 4) is 6.07 Å². The predicted molar refractivity (Wildman–Crippen MR) is 96.1 cm³/mol. The van der Waals surface area contributed by atoms with E-state index < -0.39 is 0 Å². The van der Waals surface area contributed by atoms with Crippen molar-refractivity contribution in [3.05, 3.63) is 71.3 Å². The van der Waals surface area contributed by atoms with Gasteiger partial charge in [-0.25, -0.2) is 0 Å². The monoisotopic (exact) mass is 331 g/mol. The van der Waals surface area contributed by atoms with E-state index in [0.29, 0.717) is 29.0 Å². The van der Waals surface area contributed by atoms with Crippen LogP contribution in [0, 0.1) is 17.2 Å². The number of likely N-dealkylation sites (tertiary alicyclic amines) is 1. The first-order chi connectivity index (χ1) is 12.2. The standard InChI is InChI=1S/C21H21N3O/c22-11-15-5-4-8-18(9-15)21(25)24-13-16(14-24)12-23-20-10-19(20)17-6-2-1-3-7-17/h1-9,16,19-20,23H,10,12-14H2/t19?,20-/m0/s1. The number of amides is 1. The molecule has 1 N–H and O–H groups in total. The first kappa shape index (κ1) is 15.9. The Labute approximate surface area is 148 Å². The van der Waals surface area contributed by atoms with Crippen molar-refractivity contribution in [2.24, 2.45) is 5.92 Å². The SMILES string of the molecule is N#Cc1cccc(C(=O)N2CC(CN[C@H]3CC3c3ccccc3)C2)c1. The molecule has 4 heteroatoms. The second-order valence-electron chi connectivity index (χ2n) is 7.04. The van der Waals surface area contributed by atoms with Crippen LogP contribution < -0.4 is 5.32 Å². The van der Waals surface area contributed by atoms with Crippen LogP contribution in [0.5, 0.6) is 0 Å². The summed E-state index contributed by atoms with van der Waals surface area (Å²) in [4.78, 5) is 14.3. The number of rotatable bonds is 5. The maximum Gasteiger partial charge on any atom is 0.253 e. The molecule has 1 saturated carbocycles. The first-order valence-electron chi connectivity index (χ1n) is 8.82. The van der Waals surface area contributed by atoms with Crippen LogP contribution in [-0.2, 0) is 0 Å². The van der Waals surface area contributed by atoms with Gasteiger partial charge in [-0.1, -0.05) is 36.4 Å². The Bertz CT molecular complexity index is 805. The molecule has 0 radical (unpaired) electrons. The second-order valence-corrected chi connectivity index (χ2v) is 7.04. The molecule has 4 nitrogen and oxygen atoms in total. The fourth-order valence-corrected chi connectivity index (χ4v) is 3.58. The molecule has 25 heavy (non-hydrogen) atoms. The zero-order chi connectivity index (χ0) is 17.2. The summed E-state index contributed by atoms with van der Waals surface area (Å²) in [6, 6.07) is 20.3. The van der Waals surface area contributed by atoms with Crippen molar-refractivity contribution >= 4 is 5.91 Å². The molecule has 1 aliphatic heterocycles. The molecule has 0 bridgehead atoms. The third-order valence-corrected chi connectivity index (χ3v) is 5.17. The van der Waals surface area contributed by atoms with Gasteiger partial charge in [-0.05, 0) is 30.2 Å². The first-order valence-corrected chi connectivity index (χ1v) is 8.82. The third kappa shape index (κ3) is 3.42. The van der Waals surface area contributed by atoms with Crippen LogP contribution in [0.1, 0.15) is 33.8 Å². The number of carbonyl (C=O) groups excluding carboxylic acids is 1. The van der Waals surface area contributed by atoms with Gasteiger partial charge in [0, 0.05) is 43.1 Å². The highest BCUT2D eigenvalue weighted by Crippen LogP contribution is 2.40. The van der Waals surface area contributed by atoms with E-state index in [1.807, 2.05) is 4.90 Å². The number of hydrogen-bond acceptors (Lipinski definition) is 3. The molecule has 2 aromatic rings. The van der Waals surface area contributed by atoms with Crippen molar-refractivity contribution in [1.82, 2.24) is 10.2 Å². The van der Waals surface area contributed by atoms with E-state index in [9.17, 15) is 4.79 Å². The molecule has 1 unspecified atom stereocenters. The van der Waals surface area contributed by atoms with Gasteiger partial charge in [0.1, 0.15) is 0 Å². The zero-order valence-electron chi connectivity index (χ0n) is 14.1. The molecule has 1 amide bonds. The molecule has 0 spiro atoms. The molecule has 0 aromatic heterocycles. The van der Waals surface area contributed by atoms with Crippen molar-refractivity contribution < 1.29 is 4.79 Å². The topological polar surface area (TPSA) is 56.1 Å². The summed E-state index contributed by atoms with van der Waals surface area (Å²) in [5.41, 5.74) is 2.56. The van der Waals surface area contributed by atoms with E-state index >= 15 is 0 Å². The van der Waals surface area contributed by atoms with Crippen LogP contribution in [0.3, 0.4) is 0 Å². The van der Waals surface area contributed by atoms with Crippen molar-refractivity contribution in [2.45, 2.75) is 18.4 Å². The summed E-state index contributed by atoms with van der Waals surface area (Å²) >= 11 is 0. The highest BCUT2D eigenvalue weighted by atomic mass is 16.2. The maximum atomic E-state index is 12.4. The Hall–Kier alpha value is -2.64. The number of carbonyl (C=O) groups is 1. The van der Waals surface area contributed by atoms with Gasteiger partial charge in [0.15, 0.2) is 0 Å². The van der Waals surface area contributed by atoms with Gasteiger partial charge >= 0.3 is 0 Å². The summed E-state index contributed by atoms with van der Waals surface area (Å²) < 4.78 is 0. The summed E-state index contributed by atoms with van der Waals surface area (Å²) in [6.45, 7) is 2.56. The lowest BCUT2D eigenvalue weighted by Gasteiger charge is -2.39. The summed E-state index contributed by atoms with van der Waals surface area (Å²) in [5, 5.41) is 12.6. The summed E-state index contributed by atoms with van der Waals surface area (Å²) in [5.74, 6) is 1.20. The van der Waals surface area contributed by atoms with E-state index in [0.717, 1.165) is 19.6 Å². The van der Waals surface area contributed by atoms with Crippen LogP contribution in [0.2, 0.25) is 0 Å². The molecule has 2 fully saturated rings. The fourth-order valence-electron chi connectivity index (χ4n) is 3.58. The lowest BCUT2D eigenvalue weighted by molar-refractivity contribution is 0.0500. The normalized spacial score (nSPS) is 22.1. The Morgan fingerprint density at radius 2 is 1.96 bits per heavy atom. The average Bonchev–Trinajstić information content (AvgIpc) is 3.40. The van der Waals surface area contributed by atoms with E-state index in [1.165, 1.54) is 12.0 Å². The minimum atomic E-state index is 0.0296. The Kier molecular flexibility index (Phi) is 4.25. The number of nitriles is 1. The smallest absolute Gasteiger partial charge is 0.253 e. The number of nitrogens with one attached hydrogen (secondary N) is 1.